The summed E-state index contributed by atoms with van der Waals surface area (Å²) in [7, 11) is 1.34. The molecule has 0 amide bonds. The van der Waals surface area contributed by atoms with Gasteiger partial charge in [-0.2, -0.15) is 0 Å². The van der Waals surface area contributed by atoms with Gasteiger partial charge in [-0.25, -0.2) is 4.79 Å². The summed E-state index contributed by atoms with van der Waals surface area (Å²) in [5, 5.41) is 11.4. The van der Waals surface area contributed by atoms with E-state index in [0.29, 0.717) is 12.1 Å². The summed E-state index contributed by atoms with van der Waals surface area (Å²) in [5.41, 5.74) is 0.238. The number of nitrogens with one attached hydrogen (secondary N) is 1. The molecule has 19 heavy (non-hydrogen) atoms. The first-order valence-corrected chi connectivity index (χ1v) is 6.70. The summed E-state index contributed by atoms with van der Waals surface area (Å²) in [4.78, 5) is 13.8. The van der Waals surface area contributed by atoms with Gasteiger partial charge >= 0.3 is 5.97 Å². The van der Waals surface area contributed by atoms with Crippen molar-refractivity contribution in [1.29, 1.82) is 0 Å². The molecule has 6 heteroatoms. The van der Waals surface area contributed by atoms with Gasteiger partial charge in [0.15, 0.2) is 5.69 Å². The fourth-order valence-electron chi connectivity index (χ4n) is 3.06. The molecule has 2 atom stereocenters. The normalized spacial score (nSPS) is 26.2. The molecule has 0 bridgehead atoms. The van der Waals surface area contributed by atoms with Gasteiger partial charge in [-0.05, 0) is 37.9 Å². The van der Waals surface area contributed by atoms with E-state index in [1.54, 1.807) is 12.1 Å². The number of methoxy groups -OCH3 is 1. The molecule has 2 saturated heterocycles. The van der Waals surface area contributed by atoms with E-state index in [2.05, 4.69) is 25.2 Å². The second-order valence-corrected chi connectivity index (χ2v) is 5.08. The minimum absolute atomic E-state index is 0.238. The number of hydrogen-bond donors (Lipinski definition) is 1. The van der Waals surface area contributed by atoms with Crippen LogP contribution in [0.5, 0.6) is 0 Å². The van der Waals surface area contributed by atoms with Crippen molar-refractivity contribution in [1.82, 2.24) is 15.1 Å². The van der Waals surface area contributed by atoms with Crippen LogP contribution in [-0.2, 0) is 4.74 Å². The van der Waals surface area contributed by atoms with Gasteiger partial charge in [0.05, 0.1) is 7.11 Å². The fourth-order valence-corrected chi connectivity index (χ4v) is 3.06. The Morgan fingerprint density at radius 2 is 2.26 bits per heavy atom. The van der Waals surface area contributed by atoms with Crippen LogP contribution in [0.2, 0.25) is 0 Å². The summed E-state index contributed by atoms with van der Waals surface area (Å²) in [5.74, 6) is 0.272. The molecule has 102 valence electrons. The van der Waals surface area contributed by atoms with Crippen LogP contribution in [0.15, 0.2) is 12.1 Å². The zero-order valence-corrected chi connectivity index (χ0v) is 11.0. The van der Waals surface area contributed by atoms with Crippen molar-refractivity contribution in [2.24, 2.45) is 0 Å². The predicted molar refractivity (Wildman–Crippen MR) is 70.0 cm³/mol. The monoisotopic (exact) mass is 262 g/mol. The SMILES string of the molecule is COC(=O)c1ccc(NC2CCN3CCCC23)nn1. The Bertz CT molecular complexity index is 462. The van der Waals surface area contributed by atoms with E-state index in [0.717, 1.165) is 18.8 Å². The fraction of sp³-hybridized carbons (Fsp3) is 0.615. The number of rotatable bonds is 3. The van der Waals surface area contributed by atoms with E-state index >= 15 is 0 Å². The zero-order valence-electron chi connectivity index (χ0n) is 11.0. The molecule has 0 radical (unpaired) electrons. The lowest BCUT2D eigenvalue weighted by atomic mass is 10.1. The molecule has 2 aliphatic heterocycles. The van der Waals surface area contributed by atoms with Crippen LogP contribution < -0.4 is 5.32 Å². The number of ether oxygens (including phenoxy) is 1. The number of fused-ring (bicyclic) bond motifs is 1. The van der Waals surface area contributed by atoms with E-state index in [4.69, 9.17) is 0 Å². The minimum Gasteiger partial charge on any atom is -0.464 e. The molecule has 0 saturated carbocycles. The molecule has 6 nitrogen and oxygen atoms in total. The number of aromatic nitrogens is 2. The van der Waals surface area contributed by atoms with Gasteiger partial charge in [-0.3, -0.25) is 4.90 Å². The highest BCUT2D eigenvalue weighted by atomic mass is 16.5. The maximum Gasteiger partial charge on any atom is 0.358 e. The Morgan fingerprint density at radius 1 is 1.37 bits per heavy atom. The van der Waals surface area contributed by atoms with E-state index < -0.39 is 5.97 Å². The van der Waals surface area contributed by atoms with Crippen molar-refractivity contribution in [3.63, 3.8) is 0 Å². The topological polar surface area (TPSA) is 67.3 Å². The maximum atomic E-state index is 11.3. The molecule has 1 aromatic heterocycles. The Morgan fingerprint density at radius 3 is 3.00 bits per heavy atom. The summed E-state index contributed by atoms with van der Waals surface area (Å²) < 4.78 is 4.60. The van der Waals surface area contributed by atoms with Crippen LogP contribution in [0.3, 0.4) is 0 Å². The summed E-state index contributed by atoms with van der Waals surface area (Å²) in [6, 6.07) is 4.50. The second kappa shape index (κ2) is 5.13. The van der Waals surface area contributed by atoms with Crippen molar-refractivity contribution in [2.45, 2.75) is 31.3 Å². The largest absolute Gasteiger partial charge is 0.464 e. The number of esters is 1. The lowest BCUT2D eigenvalue weighted by Gasteiger charge is -2.21. The van der Waals surface area contributed by atoms with Crippen molar-refractivity contribution < 1.29 is 9.53 Å². The quantitative estimate of drug-likeness (QED) is 0.817. The molecule has 0 spiro atoms. The van der Waals surface area contributed by atoms with Crippen molar-refractivity contribution >= 4 is 11.8 Å². The first-order chi connectivity index (χ1) is 9.28. The van der Waals surface area contributed by atoms with Crippen molar-refractivity contribution in [3.05, 3.63) is 17.8 Å². The minimum atomic E-state index is -0.457. The van der Waals surface area contributed by atoms with Crippen molar-refractivity contribution in [2.75, 3.05) is 25.5 Å². The third-order valence-corrected chi connectivity index (χ3v) is 4.00. The number of carbonyl (C=O) groups excluding carboxylic acids is 1. The number of nitrogens with zero attached hydrogens (tertiary/aromatic N) is 3. The number of hydrogen-bond acceptors (Lipinski definition) is 6. The maximum absolute atomic E-state index is 11.3. The lowest BCUT2D eigenvalue weighted by molar-refractivity contribution is 0.0593. The third kappa shape index (κ3) is 2.40. The molecule has 2 unspecified atom stereocenters. The van der Waals surface area contributed by atoms with Crippen molar-refractivity contribution in [3.8, 4) is 0 Å². The Kier molecular flexibility index (Phi) is 3.33. The summed E-state index contributed by atoms with van der Waals surface area (Å²) in [6.45, 7) is 2.38. The molecule has 2 aliphatic rings. The second-order valence-electron chi connectivity index (χ2n) is 5.08. The lowest BCUT2D eigenvalue weighted by Crippen LogP contribution is -2.34. The van der Waals surface area contributed by atoms with Crippen LogP contribution in [0.25, 0.3) is 0 Å². The molecule has 0 aliphatic carbocycles. The Balaban J connectivity index is 1.65. The predicted octanol–water partition coefficient (Wildman–Crippen LogP) is 0.912. The number of anilines is 1. The Labute approximate surface area is 112 Å². The molecular weight excluding hydrogens is 244 g/mol. The standard InChI is InChI=1S/C13H18N4O2/c1-19-13(18)10-4-5-12(16-15-10)14-9-6-8-17-7-2-3-11(9)17/h4-5,9,11H,2-3,6-8H2,1H3,(H,14,16). The van der Waals surface area contributed by atoms with E-state index in [1.165, 1.54) is 26.5 Å². The summed E-state index contributed by atoms with van der Waals surface area (Å²) in [6.07, 6.45) is 3.69. The van der Waals surface area contributed by atoms with Crippen LogP contribution in [0, 0.1) is 0 Å². The highest BCUT2D eigenvalue weighted by Gasteiger charge is 2.37. The number of carbonyl (C=O) groups is 1. The molecule has 0 aromatic carbocycles. The average Bonchev–Trinajstić information content (AvgIpc) is 3.04. The average molecular weight is 262 g/mol. The van der Waals surface area contributed by atoms with E-state index in [9.17, 15) is 4.79 Å². The van der Waals surface area contributed by atoms with Gasteiger partial charge < -0.3 is 10.1 Å². The van der Waals surface area contributed by atoms with Gasteiger partial charge in [-0.15, -0.1) is 10.2 Å². The molecule has 1 aromatic rings. The van der Waals surface area contributed by atoms with Gasteiger partial charge in [0, 0.05) is 18.6 Å². The molecule has 3 rings (SSSR count). The van der Waals surface area contributed by atoms with Crippen LogP contribution >= 0.6 is 0 Å². The first kappa shape index (κ1) is 12.3. The van der Waals surface area contributed by atoms with Gasteiger partial charge in [0.1, 0.15) is 5.82 Å². The highest BCUT2D eigenvalue weighted by molar-refractivity contribution is 5.86. The van der Waals surface area contributed by atoms with Gasteiger partial charge in [0.25, 0.3) is 0 Å². The first-order valence-electron chi connectivity index (χ1n) is 6.70. The highest BCUT2D eigenvalue weighted by Crippen LogP contribution is 2.29. The summed E-state index contributed by atoms with van der Waals surface area (Å²) >= 11 is 0. The van der Waals surface area contributed by atoms with Gasteiger partial charge in [-0.1, -0.05) is 0 Å². The van der Waals surface area contributed by atoms with Crippen LogP contribution in [0.1, 0.15) is 29.8 Å². The molecular formula is C13H18N4O2. The van der Waals surface area contributed by atoms with Crippen LogP contribution in [-0.4, -0.2) is 53.3 Å². The Hall–Kier alpha value is -1.69. The van der Waals surface area contributed by atoms with Gasteiger partial charge in [0.2, 0.25) is 0 Å². The van der Waals surface area contributed by atoms with Crippen LogP contribution in [0.4, 0.5) is 5.82 Å². The molecule has 2 fully saturated rings. The zero-order chi connectivity index (χ0) is 13.2. The molecule has 3 heterocycles. The molecule has 1 N–H and O–H groups in total. The smallest absolute Gasteiger partial charge is 0.358 e. The third-order valence-electron chi connectivity index (χ3n) is 4.00. The van der Waals surface area contributed by atoms with E-state index in [-0.39, 0.29) is 5.69 Å². The van der Waals surface area contributed by atoms with E-state index in [1.807, 2.05) is 0 Å².